The molecule has 0 saturated heterocycles. The standard InChI is InChI=1S/C15H34N4O2S/c1-6-16-15(17-11-9-12-19(7-2)8-3)18-14(4)10-13-22(5,20)21/h14H,6-13H2,1-5H3,(H2,16,17,18). The predicted molar refractivity (Wildman–Crippen MR) is 95.3 cm³/mol. The third-order valence-corrected chi connectivity index (χ3v) is 4.42. The van der Waals surface area contributed by atoms with Crippen LogP contribution < -0.4 is 10.6 Å². The molecular formula is C15H34N4O2S. The Kier molecular flexibility index (Phi) is 11.3. The van der Waals surface area contributed by atoms with Crippen LogP contribution in [0.1, 0.15) is 40.5 Å². The van der Waals surface area contributed by atoms with Crippen LogP contribution >= 0.6 is 0 Å². The molecule has 0 amide bonds. The van der Waals surface area contributed by atoms with Crippen LogP contribution in [0.25, 0.3) is 0 Å². The number of hydrogen-bond donors (Lipinski definition) is 2. The van der Waals surface area contributed by atoms with Crippen molar-refractivity contribution in [2.75, 3.05) is 44.7 Å². The van der Waals surface area contributed by atoms with Crippen molar-refractivity contribution in [1.29, 1.82) is 0 Å². The largest absolute Gasteiger partial charge is 0.357 e. The van der Waals surface area contributed by atoms with Crippen molar-refractivity contribution < 1.29 is 8.42 Å². The van der Waals surface area contributed by atoms with E-state index in [1.54, 1.807) is 0 Å². The van der Waals surface area contributed by atoms with Crippen molar-refractivity contribution >= 4 is 15.8 Å². The summed E-state index contributed by atoms with van der Waals surface area (Å²) in [5.41, 5.74) is 0. The average molecular weight is 335 g/mol. The number of rotatable bonds is 11. The van der Waals surface area contributed by atoms with E-state index in [0.29, 0.717) is 6.42 Å². The summed E-state index contributed by atoms with van der Waals surface area (Å²) in [6.45, 7) is 13.1. The van der Waals surface area contributed by atoms with Crippen LogP contribution in [0.4, 0.5) is 0 Å². The molecule has 0 saturated carbocycles. The van der Waals surface area contributed by atoms with E-state index in [1.165, 1.54) is 6.26 Å². The van der Waals surface area contributed by atoms with Crippen molar-refractivity contribution in [2.45, 2.75) is 46.6 Å². The maximum absolute atomic E-state index is 11.2. The van der Waals surface area contributed by atoms with Gasteiger partial charge in [-0.15, -0.1) is 0 Å². The van der Waals surface area contributed by atoms with E-state index >= 15 is 0 Å². The summed E-state index contributed by atoms with van der Waals surface area (Å²) in [5, 5.41) is 6.47. The van der Waals surface area contributed by atoms with Gasteiger partial charge in [-0.3, -0.25) is 4.99 Å². The van der Waals surface area contributed by atoms with Crippen molar-refractivity contribution in [3.8, 4) is 0 Å². The molecule has 0 radical (unpaired) electrons. The Morgan fingerprint density at radius 1 is 1.23 bits per heavy atom. The Bertz CT molecular complexity index is 406. The molecule has 0 rings (SSSR count). The van der Waals surface area contributed by atoms with E-state index in [-0.39, 0.29) is 11.8 Å². The second-order valence-corrected chi connectivity index (χ2v) is 7.86. The monoisotopic (exact) mass is 334 g/mol. The summed E-state index contributed by atoms with van der Waals surface area (Å²) >= 11 is 0. The second-order valence-electron chi connectivity index (χ2n) is 5.61. The van der Waals surface area contributed by atoms with Gasteiger partial charge >= 0.3 is 0 Å². The first-order valence-corrected chi connectivity index (χ1v) is 10.3. The van der Waals surface area contributed by atoms with Crippen molar-refractivity contribution in [1.82, 2.24) is 15.5 Å². The van der Waals surface area contributed by atoms with Gasteiger partial charge in [-0.05, 0) is 46.3 Å². The Labute approximate surface area is 136 Å². The van der Waals surface area contributed by atoms with Gasteiger partial charge in [0.15, 0.2) is 5.96 Å². The van der Waals surface area contributed by atoms with Gasteiger partial charge in [-0.2, -0.15) is 0 Å². The topological polar surface area (TPSA) is 73.8 Å². The summed E-state index contributed by atoms with van der Waals surface area (Å²) in [6.07, 6.45) is 2.88. The molecule has 6 nitrogen and oxygen atoms in total. The van der Waals surface area contributed by atoms with E-state index in [9.17, 15) is 8.42 Å². The highest BCUT2D eigenvalue weighted by atomic mass is 32.2. The molecule has 0 aromatic heterocycles. The smallest absolute Gasteiger partial charge is 0.191 e. The first-order chi connectivity index (χ1) is 10.3. The summed E-state index contributed by atoms with van der Waals surface area (Å²) in [4.78, 5) is 6.94. The van der Waals surface area contributed by atoms with Crippen LogP contribution in [0.15, 0.2) is 4.99 Å². The molecule has 0 aliphatic rings. The number of hydrogen-bond acceptors (Lipinski definition) is 4. The Balaban J connectivity index is 4.25. The van der Waals surface area contributed by atoms with E-state index < -0.39 is 9.84 Å². The van der Waals surface area contributed by atoms with E-state index in [2.05, 4.69) is 34.4 Å². The van der Waals surface area contributed by atoms with Crippen molar-refractivity contribution in [2.24, 2.45) is 4.99 Å². The average Bonchev–Trinajstić information content (AvgIpc) is 2.44. The normalized spacial score (nSPS) is 14.2. The number of aliphatic imine (C=N–C) groups is 1. The summed E-state index contributed by atoms with van der Waals surface area (Å²) in [6, 6.07) is 0.0790. The van der Waals surface area contributed by atoms with E-state index in [0.717, 1.165) is 45.1 Å². The van der Waals surface area contributed by atoms with Crippen LogP contribution in [-0.2, 0) is 9.84 Å². The van der Waals surface area contributed by atoms with Crippen molar-refractivity contribution in [3.05, 3.63) is 0 Å². The highest BCUT2D eigenvalue weighted by Gasteiger charge is 2.09. The quantitative estimate of drug-likeness (QED) is 0.336. The van der Waals surface area contributed by atoms with E-state index in [4.69, 9.17) is 0 Å². The fourth-order valence-corrected chi connectivity index (χ4v) is 2.82. The minimum absolute atomic E-state index is 0.0790. The Morgan fingerprint density at radius 2 is 1.86 bits per heavy atom. The molecule has 0 bridgehead atoms. The Morgan fingerprint density at radius 3 is 2.36 bits per heavy atom. The zero-order chi connectivity index (χ0) is 17.0. The lowest BCUT2D eigenvalue weighted by atomic mass is 10.3. The maximum Gasteiger partial charge on any atom is 0.191 e. The minimum atomic E-state index is -2.91. The van der Waals surface area contributed by atoms with Gasteiger partial charge in [0.05, 0.1) is 5.75 Å². The molecule has 0 aliphatic heterocycles. The highest BCUT2D eigenvalue weighted by molar-refractivity contribution is 7.90. The molecule has 0 aromatic carbocycles. The summed E-state index contributed by atoms with van der Waals surface area (Å²) in [7, 11) is -2.91. The minimum Gasteiger partial charge on any atom is -0.357 e. The number of nitrogens with one attached hydrogen (secondary N) is 2. The van der Waals surface area contributed by atoms with Gasteiger partial charge in [0.25, 0.3) is 0 Å². The van der Waals surface area contributed by atoms with Crippen LogP contribution in [0, 0.1) is 0 Å². The molecular weight excluding hydrogens is 300 g/mol. The highest BCUT2D eigenvalue weighted by Crippen LogP contribution is 1.96. The zero-order valence-electron chi connectivity index (χ0n) is 14.9. The third kappa shape index (κ3) is 11.8. The number of guanidine groups is 1. The van der Waals surface area contributed by atoms with Crippen LogP contribution in [0.5, 0.6) is 0 Å². The first kappa shape index (κ1) is 21.2. The number of nitrogens with zero attached hydrogens (tertiary/aromatic N) is 2. The van der Waals surface area contributed by atoms with Gasteiger partial charge < -0.3 is 15.5 Å². The first-order valence-electron chi connectivity index (χ1n) is 8.27. The van der Waals surface area contributed by atoms with Gasteiger partial charge in [-0.1, -0.05) is 13.8 Å². The molecule has 2 N–H and O–H groups in total. The van der Waals surface area contributed by atoms with Crippen LogP contribution in [-0.4, -0.2) is 70.1 Å². The molecule has 0 aromatic rings. The molecule has 132 valence electrons. The number of sulfone groups is 1. The van der Waals surface area contributed by atoms with Gasteiger partial charge in [0.1, 0.15) is 9.84 Å². The van der Waals surface area contributed by atoms with Crippen LogP contribution in [0.2, 0.25) is 0 Å². The summed E-state index contributed by atoms with van der Waals surface area (Å²) < 4.78 is 22.4. The van der Waals surface area contributed by atoms with Gasteiger partial charge in [0, 0.05) is 25.4 Å². The van der Waals surface area contributed by atoms with E-state index in [1.807, 2.05) is 13.8 Å². The lowest BCUT2D eigenvalue weighted by molar-refractivity contribution is 0.302. The molecule has 7 heteroatoms. The van der Waals surface area contributed by atoms with Gasteiger partial charge in [-0.25, -0.2) is 8.42 Å². The maximum atomic E-state index is 11.2. The Hall–Kier alpha value is -0.820. The predicted octanol–water partition coefficient (Wildman–Crippen LogP) is 1.10. The second kappa shape index (κ2) is 11.7. The molecule has 22 heavy (non-hydrogen) atoms. The molecule has 0 spiro atoms. The zero-order valence-corrected chi connectivity index (χ0v) is 15.7. The molecule has 1 atom stereocenters. The SMILES string of the molecule is CCNC(=NCCCN(CC)CC)NC(C)CCS(C)(=O)=O. The molecule has 1 unspecified atom stereocenters. The third-order valence-electron chi connectivity index (χ3n) is 3.45. The molecule has 0 aliphatic carbocycles. The fourth-order valence-electron chi connectivity index (χ4n) is 2.04. The molecule has 0 heterocycles. The van der Waals surface area contributed by atoms with Crippen LogP contribution in [0.3, 0.4) is 0 Å². The lowest BCUT2D eigenvalue weighted by Crippen LogP contribution is -2.43. The fraction of sp³-hybridized carbons (Fsp3) is 0.933. The molecule has 0 fully saturated rings. The van der Waals surface area contributed by atoms with Gasteiger partial charge in [0.2, 0.25) is 0 Å². The van der Waals surface area contributed by atoms with Crippen molar-refractivity contribution in [3.63, 3.8) is 0 Å². The lowest BCUT2D eigenvalue weighted by Gasteiger charge is -2.19. The summed E-state index contributed by atoms with van der Waals surface area (Å²) in [5.74, 6) is 0.964.